The van der Waals surface area contributed by atoms with E-state index in [-0.39, 0.29) is 5.41 Å². The van der Waals surface area contributed by atoms with E-state index in [1.165, 1.54) is 70.8 Å². The summed E-state index contributed by atoms with van der Waals surface area (Å²) in [6.45, 7) is 5.18. The van der Waals surface area contributed by atoms with Crippen molar-refractivity contribution in [3.8, 4) is 0 Å². The minimum atomic E-state index is 0.217. The molecule has 0 aromatic carbocycles. The van der Waals surface area contributed by atoms with Gasteiger partial charge in [-0.1, -0.05) is 38.5 Å². The van der Waals surface area contributed by atoms with E-state index in [1.807, 2.05) is 0 Å². The highest BCUT2D eigenvalue weighted by Gasteiger charge is 2.33. The smallest absolute Gasteiger partial charge is 0.0499 e. The Labute approximate surface area is 113 Å². The molecule has 0 aromatic rings. The first-order valence-electron chi connectivity index (χ1n) is 8.11. The van der Waals surface area contributed by atoms with Gasteiger partial charge in [-0.15, -0.1) is 0 Å². The van der Waals surface area contributed by atoms with Gasteiger partial charge < -0.3 is 10.0 Å². The summed E-state index contributed by atoms with van der Waals surface area (Å²) in [7, 11) is 0. The fraction of sp³-hybridized carbons (Fsp3) is 1.00. The van der Waals surface area contributed by atoms with Gasteiger partial charge in [-0.05, 0) is 39.2 Å². The number of hydrogen-bond donors (Lipinski definition) is 1. The average molecular weight is 253 g/mol. The third kappa shape index (κ3) is 3.71. The molecule has 106 valence electrons. The van der Waals surface area contributed by atoms with E-state index < -0.39 is 0 Å². The van der Waals surface area contributed by atoms with Gasteiger partial charge >= 0.3 is 0 Å². The first kappa shape index (κ1) is 14.3. The van der Waals surface area contributed by atoms with Gasteiger partial charge in [-0.2, -0.15) is 0 Å². The molecule has 0 spiro atoms. The molecule has 2 rings (SSSR count). The molecule has 1 N–H and O–H groups in total. The van der Waals surface area contributed by atoms with E-state index >= 15 is 0 Å². The molecule has 0 aromatic heterocycles. The van der Waals surface area contributed by atoms with Crippen molar-refractivity contribution in [2.75, 3.05) is 19.7 Å². The number of aliphatic hydroxyl groups is 1. The third-order valence-electron chi connectivity index (χ3n) is 5.23. The van der Waals surface area contributed by atoms with Gasteiger partial charge in [0, 0.05) is 24.6 Å². The van der Waals surface area contributed by atoms with Crippen molar-refractivity contribution in [1.82, 2.24) is 4.90 Å². The van der Waals surface area contributed by atoms with Gasteiger partial charge in [0.25, 0.3) is 0 Å². The first-order valence-corrected chi connectivity index (χ1v) is 8.11. The maximum atomic E-state index is 9.93. The third-order valence-corrected chi connectivity index (χ3v) is 5.23. The minimum absolute atomic E-state index is 0.217. The van der Waals surface area contributed by atoms with Crippen LogP contribution in [0.1, 0.15) is 71.1 Å². The number of likely N-dealkylation sites (tertiary alicyclic amines) is 1. The van der Waals surface area contributed by atoms with Crippen LogP contribution >= 0.6 is 0 Å². The van der Waals surface area contributed by atoms with Crippen LogP contribution in [0.4, 0.5) is 0 Å². The summed E-state index contributed by atoms with van der Waals surface area (Å²) in [5, 5.41) is 9.93. The van der Waals surface area contributed by atoms with E-state index in [2.05, 4.69) is 11.8 Å². The summed E-state index contributed by atoms with van der Waals surface area (Å²) >= 11 is 0. The van der Waals surface area contributed by atoms with E-state index in [4.69, 9.17) is 0 Å². The van der Waals surface area contributed by atoms with Crippen LogP contribution < -0.4 is 0 Å². The van der Waals surface area contributed by atoms with E-state index in [9.17, 15) is 5.11 Å². The van der Waals surface area contributed by atoms with Crippen molar-refractivity contribution in [3.63, 3.8) is 0 Å². The minimum Gasteiger partial charge on any atom is -0.396 e. The van der Waals surface area contributed by atoms with Gasteiger partial charge in [0.1, 0.15) is 0 Å². The van der Waals surface area contributed by atoms with Crippen molar-refractivity contribution in [2.24, 2.45) is 5.41 Å². The summed E-state index contributed by atoms with van der Waals surface area (Å²) in [6, 6.07) is 0.721. The molecule has 0 bridgehead atoms. The van der Waals surface area contributed by atoms with Crippen LogP contribution in [0, 0.1) is 5.41 Å². The van der Waals surface area contributed by atoms with Gasteiger partial charge in [-0.25, -0.2) is 0 Å². The van der Waals surface area contributed by atoms with Crippen molar-refractivity contribution in [1.29, 1.82) is 0 Å². The van der Waals surface area contributed by atoms with Crippen LogP contribution in [-0.4, -0.2) is 35.7 Å². The monoisotopic (exact) mass is 253 g/mol. The molecule has 1 saturated heterocycles. The van der Waals surface area contributed by atoms with Crippen LogP contribution in [0.2, 0.25) is 0 Å². The Morgan fingerprint density at radius 1 is 1.00 bits per heavy atom. The Balaban J connectivity index is 1.98. The first-order chi connectivity index (χ1) is 8.76. The average Bonchev–Trinajstić information content (AvgIpc) is 2.73. The summed E-state index contributed by atoms with van der Waals surface area (Å²) in [6.07, 6.45) is 13.4. The van der Waals surface area contributed by atoms with Crippen LogP contribution in [0.3, 0.4) is 0 Å². The summed E-state index contributed by atoms with van der Waals surface area (Å²) in [4.78, 5) is 2.68. The molecule has 2 heteroatoms. The van der Waals surface area contributed by atoms with E-state index in [0.29, 0.717) is 6.61 Å². The van der Waals surface area contributed by atoms with Crippen molar-refractivity contribution < 1.29 is 5.11 Å². The highest BCUT2D eigenvalue weighted by atomic mass is 16.3. The van der Waals surface area contributed by atoms with Crippen LogP contribution in [0.15, 0.2) is 0 Å². The normalized spacial score (nSPS) is 30.7. The zero-order valence-electron chi connectivity index (χ0n) is 12.2. The second kappa shape index (κ2) is 6.91. The highest BCUT2D eigenvalue weighted by molar-refractivity contribution is 4.86. The summed E-state index contributed by atoms with van der Waals surface area (Å²) < 4.78 is 0. The fourth-order valence-corrected chi connectivity index (χ4v) is 3.84. The molecular weight excluding hydrogens is 222 g/mol. The molecule has 1 unspecified atom stereocenters. The number of rotatable bonds is 3. The fourth-order valence-electron chi connectivity index (χ4n) is 3.84. The summed E-state index contributed by atoms with van der Waals surface area (Å²) in [5.41, 5.74) is 0.217. The Bertz CT molecular complexity index is 233. The largest absolute Gasteiger partial charge is 0.396 e. The lowest BCUT2D eigenvalue weighted by Gasteiger charge is -2.39. The lowest BCUT2D eigenvalue weighted by molar-refractivity contribution is 0.0455. The van der Waals surface area contributed by atoms with Crippen molar-refractivity contribution >= 4 is 0 Å². The molecule has 1 aliphatic carbocycles. The number of aliphatic hydroxyl groups excluding tert-OH is 1. The Kier molecular flexibility index (Phi) is 5.50. The molecule has 1 heterocycles. The quantitative estimate of drug-likeness (QED) is 0.777. The lowest BCUT2D eigenvalue weighted by atomic mass is 9.80. The molecule has 18 heavy (non-hydrogen) atoms. The number of nitrogens with zero attached hydrogens (tertiary/aromatic N) is 1. The van der Waals surface area contributed by atoms with Gasteiger partial charge in [-0.3, -0.25) is 0 Å². The second-order valence-corrected chi connectivity index (χ2v) is 6.74. The van der Waals surface area contributed by atoms with Gasteiger partial charge in [0.05, 0.1) is 0 Å². The number of hydrogen-bond acceptors (Lipinski definition) is 2. The maximum absolute atomic E-state index is 9.93. The van der Waals surface area contributed by atoms with Crippen molar-refractivity contribution in [3.05, 3.63) is 0 Å². The lowest BCUT2D eigenvalue weighted by Crippen LogP contribution is -2.44. The van der Waals surface area contributed by atoms with Crippen molar-refractivity contribution in [2.45, 2.75) is 77.2 Å². The highest BCUT2D eigenvalue weighted by Crippen LogP contribution is 2.36. The zero-order valence-corrected chi connectivity index (χ0v) is 12.2. The zero-order chi connectivity index (χ0) is 12.8. The second-order valence-electron chi connectivity index (χ2n) is 6.74. The summed E-state index contributed by atoms with van der Waals surface area (Å²) in [5.74, 6) is 0. The van der Waals surface area contributed by atoms with Gasteiger partial charge in [0.2, 0.25) is 0 Å². The molecule has 2 nitrogen and oxygen atoms in total. The standard InChI is InChI=1S/C16H31NO/c1-15-9-5-4-8-12-17(15)13-16(14-18)10-6-2-3-7-11-16/h15,18H,2-14H2,1H3. The molecule has 1 aliphatic heterocycles. The molecule has 2 fully saturated rings. The maximum Gasteiger partial charge on any atom is 0.0499 e. The Morgan fingerprint density at radius 2 is 1.67 bits per heavy atom. The Morgan fingerprint density at radius 3 is 2.33 bits per heavy atom. The Hall–Kier alpha value is -0.0800. The molecular formula is C16H31NO. The van der Waals surface area contributed by atoms with Crippen LogP contribution in [0.5, 0.6) is 0 Å². The van der Waals surface area contributed by atoms with Crippen LogP contribution in [-0.2, 0) is 0 Å². The SMILES string of the molecule is CC1CCCCCN1CC1(CO)CCCCCC1. The molecule has 0 radical (unpaired) electrons. The topological polar surface area (TPSA) is 23.5 Å². The molecule has 2 aliphatic rings. The van der Waals surface area contributed by atoms with Crippen LogP contribution in [0.25, 0.3) is 0 Å². The molecule has 1 saturated carbocycles. The van der Waals surface area contributed by atoms with E-state index in [0.717, 1.165) is 12.6 Å². The molecule has 0 amide bonds. The molecule has 1 atom stereocenters. The van der Waals surface area contributed by atoms with Gasteiger partial charge in [0.15, 0.2) is 0 Å². The predicted molar refractivity (Wildman–Crippen MR) is 76.7 cm³/mol. The van der Waals surface area contributed by atoms with E-state index in [1.54, 1.807) is 0 Å². The predicted octanol–water partition coefficient (Wildman–Crippen LogP) is 3.58.